The van der Waals surface area contributed by atoms with Crippen molar-refractivity contribution in [1.29, 1.82) is 0 Å². The van der Waals surface area contributed by atoms with Crippen LogP contribution in [0.25, 0.3) is 0 Å². The van der Waals surface area contributed by atoms with Crippen LogP contribution in [0, 0.1) is 0 Å². The van der Waals surface area contributed by atoms with Gasteiger partial charge in [-0.3, -0.25) is 9.69 Å². The molecule has 1 aliphatic heterocycles. The van der Waals surface area contributed by atoms with Crippen LogP contribution in [0.2, 0.25) is 0 Å². The van der Waals surface area contributed by atoms with Crippen LogP contribution in [0.1, 0.15) is 32.1 Å². The van der Waals surface area contributed by atoms with Gasteiger partial charge in [-0.25, -0.2) is 0 Å². The highest BCUT2D eigenvalue weighted by Crippen LogP contribution is 2.25. The van der Waals surface area contributed by atoms with Gasteiger partial charge in [-0.2, -0.15) is 0 Å². The van der Waals surface area contributed by atoms with Crippen LogP contribution in [-0.4, -0.2) is 59.6 Å². The van der Waals surface area contributed by atoms with E-state index in [0.717, 1.165) is 32.2 Å². The number of phenolic OH excluding ortho intramolecular Hbond substituents is 1. The lowest BCUT2D eigenvalue weighted by Crippen LogP contribution is -2.53. The third-order valence-electron chi connectivity index (χ3n) is 4.97. The molecule has 0 radical (unpaired) electrons. The number of aromatic hydroxyl groups is 1. The summed E-state index contributed by atoms with van der Waals surface area (Å²) in [5.74, 6) is 0.431. The summed E-state index contributed by atoms with van der Waals surface area (Å²) in [5, 5.41) is 9.66. The lowest BCUT2D eigenvalue weighted by atomic mass is 9.94. The molecule has 2 fully saturated rings. The average molecular weight is 318 g/mol. The molecule has 0 atom stereocenters. The Morgan fingerprint density at radius 2 is 1.78 bits per heavy atom. The number of hydrogen-bond donors (Lipinski definition) is 1. The number of nitrogens with zero attached hydrogens (tertiary/aromatic N) is 2. The summed E-state index contributed by atoms with van der Waals surface area (Å²) < 4.78 is 5.44. The van der Waals surface area contributed by atoms with E-state index in [-0.39, 0.29) is 18.3 Å². The van der Waals surface area contributed by atoms with E-state index < -0.39 is 0 Å². The summed E-state index contributed by atoms with van der Waals surface area (Å²) in [5.41, 5.74) is 0. The van der Waals surface area contributed by atoms with Gasteiger partial charge in [0.05, 0.1) is 0 Å². The Morgan fingerprint density at radius 1 is 1.09 bits per heavy atom. The number of phenols is 1. The number of amides is 1. The van der Waals surface area contributed by atoms with Gasteiger partial charge in [-0.05, 0) is 25.0 Å². The molecule has 1 N–H and O–H groups in total. The van der Waals surface area contributed by atoms with E-state index in [4.69, 9.17) is 4.74 Å². The maximum atomic E-state index is 12.3. The molecule has 1 saturated heterocycles. The minimum atomic E-state index is -0.0129. The molecule has 1 amide bonds. The monoisotopic (exact) mass is 318 g/mol. The number of para-hydroxylation sites is 2. The zero-order chi connectivity index (χ0) is 16.1. The fraction of sp³-hybridized carbons (Fsp3) is 0.611. The molecule has 0 bridgehead atoms. The van der Waals surface area contributed by atoms with E-state index >= 15 is 0 Å². The molecule has 1 saturated carbocycles. The zero-order valence-corrected chi connectivity index (χ0v) is 13.6. The zero-order valence-electron chi connectivity index (χ0n) is 13.6. The van der Waals surface area contributed by atoms with Crippen LogP contribution in [0.4, 0.5) is 0 Å². The van der Waals surface area contributed by atoms with Crippen molar-refractivity contribution in [2.45, 2.75) is 38.1 Å². The molecular weight excluding hydrogens is 292 g/mol. The highest BCUT2D eigenvalue weighted by molar-refractivity contribution is 5.78. The molecule has 0 spiro atoms. The molecule has 1 aliphatic carbocycles. The van der Waals surface area contributed by atoms with Crippen LogP contribution in [0.3, 0.4) is 0 Å². The lowest BCUT2D eigenvalue weighted by Gasteiger charge is -2.40. The molecule has 1 aromatic carbocycles. The molecule has 5 heteroatoms. The fourth-order valence-electron chi connectivity index (χ4n) is 3.59. The second kappa shape index (κ2) is 7.68. The van der Waals surface area contributed by atoms with E-state index in [2.05, 4.69) is 4.90 Å². The summed E-state index contributed by atoms with van der Waals surface area (Å²) in [6.07, 6.45) is 6.68. The Labute approximate surface area is 137 Å². The quantitative estimate of drug-likeness (QED) is 0.925. The first-order valence-electron chi connectivity index (χ1n) is 8.66. The maximum Gasteiger partial charge on any atom is 0.260 e. The smallest absolute Gasteiger partial charge is 0.260 e. The SMILES string of the molecule is O=C(COc1ccccc1O)N1CCN(C2CCCCC2)CC1. The number of piperazine rings is 1. The number of rotatable bonds is 4. The van der Waals surface area contributed by atoms with Gasteiger partial charge in [0.2, 0.25) is 0 Å². The summed E-state index contributed by atoms with van der Waals surface area (Å²) in [6, 6.07) is 7.46. The van der Waals surface area contributed by atoms with E-state index in [1.54, 1.807) is 24.3 Å². The number of ether oxygens (including phenoxy) is 1. The molecule has 1 heterocycles. The molecule has 0 aromatic heterocycles. The molecule has 1 aromatic rings. The average Bonchev–Trinajstić information content (AvgIpc) is 2.62. The van der Waals surface area contributed by atoms with Gasteiger partial charge < -0.3 is 14.7 Å². The molecule has 126 valence electrons. The minimum Gasteiger partial charge on any atom is -0.504 e. The predicted octanol–water partition coefficient (Wildman–Crippen LogP) is 2.25. The van der Waals surface area contributed by atoms with Crippen molar-refractivity contribution in [2.24, 2.45) is 0 Å². The van der Waals surface area contributed by atoms with Crippen LogP contribution in [-0.2, 0) is 4.79 Å². The van der Waals surface area contributed by atoms with Crippen LogP contribution in [0.15, 0.2) is 24.3 Å². The van der Waals surface area contributed by atoms with Crippen LogP contribution < -0.4 is 4.74 Å². The Morgan fingerprint density at radius 3 is 2.48 bits per heavy atom. The third kappa shape index (κ3) is 4.16. The second-order valence-electron chi connectivity index (χ2n) is 6.46. The van der Waals surface area contributed by atoms with E-state index in [1.807, 2.05) is 4.90 Å². The molecule has 23 heavy (non-hydrogen) atoms. The fourth-order valence-corrected chi connectivity index (χ4v) is 3.59. The van der Waals surface area contributed by atoms with Crippen molar-refractivity contribution in [3.63, 3.8) is 0 Å². The number of carbonyl (C=O) groups excluding carboxylic acids is 1. The van der Waals surface area contributed by atoms with Gasteiger partial charge in [-0.1, -0.05) is 31.4 Å². The Kier molecular flexibility index (Phi) is 5.39. The van der Waals surface area contributed by atoms with E-state index in [0.29, 0.717) is 5.75 Å². The summed E-state index contributed by atoms with van der Waals surface area (Å²) >= 11 is 0. The summed E-state index contributed by atoms with van der Waals surface area (Å²) in [6.45, 7) is 3.47. The van der Waals surface area contributed by atoms with Crippen molar-refractivity contribution in [3.05, 3.63) is 24.3 Å². The lowest BCUT2D eigenvalue weighted by molar-refractivity contribution is -0.135. The Hall–Kier alpha value is -1.75. The third-order valence-corrected chi connectivity index (χ3v) is 4.97. The first-order chi connectivity index (χ1) is 11.2. The first-order valence-corrected chi connectivity index (χ1v) is 8.66. The van der Waals surface area contributed by atoms with Gasteiger partial charge in [0.25, 0.3) is 5.91 Å². The molecule has 3 rings (SSSR count). The van der Waals surface area contributed by atoms with Gasteiger partial charge in [0.15, 0.2) is 18.1 Å². The number of benzene rings is 1. The summed E-state index contributed by atoms with van der Waals surface area (Å²) in [7, 11) is 0. The largest absolute Gasteiger partial charge is 0.504 e. The van der Waals surface area contributed by atoms with E-state index in [1.165, 1.54) is 32.1 Å². The Bertz CT molecular complexity index is 521. The molecule has 2 aliphatic rings. The maximum absolute atomic E-state index is 12.3. The highest BCUT2D eigenvalue weighted by Gasteiger charge is 2.27. The normalized spacial score (nSPS) is 20.4. The minimum absolute atomic E-state index is 0.00320. The van der Waals surface area contributed by atoms with Crippen LogP contribution >= 0.6 is 0 Å². The van der Waals surface area contributed by atoms with Gasteiger partial charge >= 0.3 is 0 Å². The van der Waals surface area contributed by atoms with Gasteiger partial charge in [0.1, 0.15) is 0 Å². The Balaban J connectivity index is 1.44. The van der Waals surface area contributed by atoms with Gasteiger partial charge in [0, 0.05) is 32.2 Å². The van der Waals surface area contributed by atoms with Crippen LogP contribution in [0.5, 0.6) is 11.5 Å². The predicted molar refractivity (Wildman–Crippen MR) is 88.6 cm³/mol. The molecular formula is C18H26N2O3. The number of carbonyl (C=O) groups is 1. The van der Waals surface area contributed by atoms with Crippen molar-refractivity contribution in [1.82, 2.24) is 9.80 Å². The van der Waals surface area contributed by atoms with Crippen molar-refractivity contribution in [3.8, 4) is 11.5 Å². The van der Waals surface area contributed by atoms with E-state index in [9.17, 15) is 9.90 Å². The first kappa shape index (κ1) is 16.1. The highest BCUT2D eigenvalue weighted by atomic mass is 16.5. The topological polar surface area (TPSA) is 53.0 Å². The number of hydrogen-bond acceptors (Lipinski definition) is 4. The standard InChI is InChI=1S/C18H26N2O3/c21-16-8-4-5-9-17(16)23-14-18(22)20-12-10-19(11-13-20)15-6-2-1-3-7-15/h4-5,8-9,15,21H,1-3,6-7,10-14H2. The van der Waals surface area contributed by atoms with Gasteiger partial charge in [-0.15, -0.1) is 0 Å². The molecule has 5 nitrogen and oxygen atoms in total. The summed E-state index contributed by atoms with van der Waals surface area (Å²) in [4.78, 5) is 16.7. The van der Waals surface area contributed by atoms with Crippen molar-refractivity contribution < 1.29 is 14.6 Å². The van der Waals surface area contributed by atoms with Crippen molar-refractivity contribution in [2.75, 3.05) is 32.8 Å². The molecule has 0 unspecified atom stereocenters. The van der Waals surface area contributed by atoms with Crippen molar-refractivity contribution >= 4 is 5.91 Å². The second-order valence-corrected chi connectivity index (χ2v) is 6.46.